The molecule has 3 rings (SSSR count). The predicted molar refractivity (Wildman–Crippen MR) is 76.6 cm³/mol. The lowest BCUT2D eigenvalue weighted by Gasteiger charge is -2.10. The van der Waals surface area contributed by atoms with Gasteiger partial charge in [-0.25, -0.2) is 0 Å². The molecule has 0 aliphatic carbocycles. The van der Waals surface area contributed by atoms with Crippen LogP contribution in [0.2, 0.25) is 0 Å². The number of hydrogen-bond acceptors (Lipinski definition) is 4. The largest absolute Gasteiger partial charge is 0.490 e. The molecule has 0 fully saturated rings. The Hall–Kier alpha value is -1.75. The number of ketones is 1. The quantitative estimate of drug-likeness (QED) is 0.784. The van der Waals surface area contributed by atoms with Crippen molar-refractivity contribution in [3.8, 4) is 11.5 Å². The van der Waals surface area contributed by atoms with Crippen LogP contribution in [0.5, 0.6) is 11.5 Å². The van der Waals surface area contributed by atoms with Crippen molar-refractivity contribution in [2.45, 2.75) is 13.3 Å². The molecular formula is C15H13BrO4. The molecule has 0 amide bonds. The molecule has 0 atom stereocenters. The van der Waals surface area contributed by atoms with Gasteiger partial charge in [-0.2, -0.15) is 0 Å². The van der Waals surface area contributed by atoms with Gasteiger partial charge in [0.25, 0.3) is 0 Å². The molecule has 2 heterocycles. The van der Waals surface area contributed by atoms with Gasteiger partial charge >= 0.3 is 0 Å². The van der Waals surface area contributed by atoms with E-state index in [1.54, 1.807) is 25.1 Å². The molecule has 0 saturated carbocycles. The second-order valence-electron chi connectivity index (χ2n) is 4.60. The van der Waals surface area contributed by atoms with Crippen molar-refractivity contribution in [2.24, 2.45) is 0 Å². The van der Waals surface area contributed by atoms with Crippen molar-refractivity contribution in [1.82, 2.24) is 0 Å². The third-order valence-electron chi connectivity index (χ3n) is 3.07. The Morgan fingerprint density at radius 3 is 2.50 bits per heavy atom. The van der Waals surface area contributed by atoms with Gasteiger partial charge in [-0.3, -0.25) is 4.79 Å². The van der Waals surface area contributed by atoms with Crippen LogP contribution >= 0.6 is 15.9 Å². The Morgan fingerprint density at radius 2 is 1.85 bits per heavy atom. The minimum absolute atomic E-state index is 0.107. The van der Waals surface area contributed by atoms with Crippen molar-refractivity contribution in [1.29, 1.82) is 0 Å². The highest BCUT2D eigenvalue weighted by Gasteiger charge is 2.20. The van der Waals surface area contributed by atoms with Gasteiger partial charge in [-0.1, -0.05) is 0 Å². The Labute approximate surface area is 124 Å². The SMILES string of the molecule is Cc1cc(C(=O)c2cc3c(cc2Br)OCCCO3)co1. The number of furan rings is 1. The smallest absolute Gasteiger partial charge is 0.197 e. The number of rotatable bonds is 2. The number of hydrogen-bond donors (Lipinski definition) is 0. The fourth-order valence-electron chi connectivity index (χ4n) is 2.08. The summed E-state index contributed by atoms with van der Waals surface area (Å²) in [6.07, 6.45) is 2.30. The van der Waals surface area contributed by atoms with Crippen molar-refractivity contribution < 1.29 is 18.7 Å². The minimum Gasteiger partial charge on any atom is -0.490 e. The summed E-state index contributed by atoms with van der Waals surface area (Å²) < 4.78 is 17.1. The van der Waals surface area contributed by atoms with Crippen molar-refractivity contribution >= 4 is 21.7 Å². The predicted octanol–water partition coefficient (Wildman–Crippen LogP) is 3.74. The van der Waals surface area contributed by atoms with E-state index in [1.807, 2.05) is 0 Å². The van der Waals surface area contributed by atoms with Crippen LogP contribution in [0, 0.1) is 6.92 Å². The van der Waals surface area contributed by atoms with Gasteiger partial charge in [0, 0.05) is 16.5 Å². The van der Waals surface area contributed by atoms with Gasteiger partial charge in [0.15, 0.2) is 17.3 Å². The van der Waals surface area contributed by atoms with E-state index in [2.05, 4.69) is 15.9 Å². The van der Waals surface area contributed by atoms with Gasteiger partial charge < -0.3 is 13.9 Å². The summed E-state index contributed by atoms with van der Waals surface area (Å²) in [7, 11) is 0. The molecule has 0 spiro atoms. The second-order valence-corrected chi connectivity index (χ2v) is 5.46. The summed E-state index contributed by atoms with van der Waals surface area (Å²) in [5.74, 6) is 1.87. The summed E-state index contributed by atoms with van der Waals surface area (Å²) in [4.78, 5) is 12.5. The number of halogens is 1. The topological polar surface area (TPSA) is 48.7 Å². The molecule has 1 aliphatic rings. The van der Waals surface area contributed by atoms with Crippen molar-refractivity contribution in [2.75, 3.05) is 13.2 Å². The second kappa shape index (κ2) is 5.32. The van der Waals surface area contributed by atoms with E-state index in [1.165, 1.54) is 6.26 Å². The Bertz CT molecular complexity index is 660. The summed E-state index contributed by atoms with van der Waals surface area (Å²) >= 11 is 3.42. The average molecular weight is 337 g/mol. The van der Waals surface area contributed by atoms with Crippen molar-refractivity contribution in [3.05, 3.63) is 45.8 Å². The normalized spacial score (nSPS) is 13.9. The molecule has 1 aromatic heterocycles. The lowest BCUT2D eigenvalue weighted by molar-refractivity contribution is 0.103. The van der Waals surface area contributed by atoms with Crippen LogP contribution in [-0.2, 0) is 0 Å². The minimum atomic E-state index is -0.107. The highest BCUT2D eigenvalue weighted by molar-refractivity contribution is 9.10. The van der Waals surface area contributed by atoms with E-state index in [-0.39, 0.29) is 5.78 Å². The van der Waals surface area contributed by atoms with Crippen LogP contribution < -0.4 is 9.47 Å². The first-order chi connectivity index (χ1) is 9.65. The zero-order valence-electron chi connectivity index (χ0n) is 10.9. The molecule has 104 valence electrons. The van der Waals surface area contributed by atoms with Gasteiger partial charge in [-0.15, -0.1) is 0 Å². The molecule has 0 saturated heterocycles. The average Bonchev–Trinajstić information content (AvgIpc) is 2.73. The first kappa shape index (κ1) is 13.2. The maximum atomic E-state index is 12.5. The van der Waals surface area contributed by atoms with Gasteiger partial charge in [0.05, 0.1) is 18.8 Å². The monoisotopic (exact) mass is 336 g/mol. The Balaban J connectivity index is 2.01. The first-order valence-electron chi connectivity index (χ1n) is 6.34. The van der Waals surface area contributed by atoms with E-state index < -0.39 is 0 Å². The number of carbonyl (C=O) groups is 1. The number of benzene rings is 1. The zero-order valence-corrected chi connectivity index (χ0v) is 12.5. The molecule has 0 unspecified atom stereocenters. The third-order valence-corrected chi connectivity index (χ3v) is 3.73. The van der Waals surface area contributed by atoms with Crippen LogP contribution in [0.1, 0.15) is 28.1 Å². The first-order valence-corrected chi connectivity index (χ1v) is 7.13. The van der Waals surface area contributed by atoms with Gasteiger partial charge in [0.2, 0.25) is 0 Å². The molecule has 0 radical (unpaired) electrons. The van der Waals surface area contributed by atoms with Crippen LogP contribution in [0.4, 0.5) is 0 Å². The van der Waals surface area contributed by atoms with Crippen molar-refractivity contribution in [3.63, 3.8) is 0 Å². The molecule has 0 N–H and O–H groups in total. The maximum absolute atomic E-state index is 12.5. The standard InChI is InChI=1S/C15H13BrO4/c1-9-5-10(8-20-9)15(17)11-6-13-14(7-12(11)16)19-4-2-3-18-13/h5-8H,2-4H2,1H3. The van der Waals surface area contributed by atoms with E-state index in [9.17, 15) is 4.79 Å². The fraction of sp³-hybridized carbons (Fsp3) is 0.267. The number of fused-ring (bicyclic) bond motifs is 1. The molecule has 20 heavy (non-hydrogen) atoms. The molecular weight excluding hydrogens is 324 g/mol. The number of ether oxygens (including phenoxy) is 2. The maximum Gasteiger partial charge on any atom is 0.197 e. The molecule has 2 aromatic rings. The summed E-state index contributed by atoms with van der Waals surface area (Å²) in [5, 5.41) is 0. The van der Waals surface area contributed by atoms with Crippen LogP contribution in [0.3, 0.4) is 0 Å². The lowest BCUT2D eigenvalue weighted by atomic mass is 10.1. The van der Waals surface area contributed by atoms with Crippen LogP contribution in [-0.4, -0.2) is 19.0 Å². The third kappa shape index (κ3) is 2.45. The van der Waals surface area contributed by atoms with E-state index >= 15 is 0 Å². The Kier molecular flexibility index (Phi) is 3.53. The molecule has 0 bridgehead atoms. The molecule has 1 aromatic carbocycles. The van der Waals surface area contributed by atoms with E-state index in [4.69, 9.17) is 13.9 Å². The number of aryl methyl sites for hydroxylation is 1. The molecule has 1 aliphatic heterocycles. The van der Waals surface area contributed by atoms with E-state index in [0.29, 0.717) is 46.1 Å². The summed E-state index contributed by atoms with van der Waals surface area (Å²) in [6, 6.07) is 5.22. The fourth-order valence-corrected chi connectivity index (χ4v) is 2.58. The van der Waals surface area contributed by atoms with Gasteiger partial charge in [0.1, 0.15) is 12.0 Å². The lowest BCUT2D eigenvalue weighted by Crippen LogP contribution is -2.02. The Morgan fingerprint density at radius 1 is 1.15 bits per heavy atom. The highest BCUT2D eigenvalue weighted by Crippen LogP contribution is 2.36. The zero-order chi connectivity index (χ0) is 14.1. The number of carbonyl (C=O) groups excluding carboxylic acids is 1. The highest BCUT2D eigenvalue weighted by atomic mass is 79.9. The molecule has 4 nitrogen and oxygen atoms in total. The summed E-state index contributed by atoms with van der Waals surface area (Å²) in [5.41, 5.74) is 1.06. The van der Waals surface area contributed by atoms with Crippen LogP contribution in [0.15, 0.2) is 33.4 Å². The summed E-state index contributed by atoms with van der Waals surface area (Å²) in [6.45, 7) is 3.01. The van der Waals surface area contributed by atoms with E-state index in [0.717, 1.165) is 6.42 Å². The van der Waals surface area contributed by atoms with Crippen LogP contribution in [0.25, 0.3) is 0 Å². The van der Waals surface area contributed by atoms with Gasteiger partial charge in [-0.05, 0) is 41.1 Å². The molecule has 5 heteroatoms.